The highest BCUT2D eigenvalue weighted by molar-refractivity contribution is 5.68. The summed E-state index contributed by atoms with van der Waals surface area (Å²) in [7, 11) is 5.57. The number of benzene rings is 1. The summed E-state index contributed by atoms with van der Waals surface area (Å²) in [5, 5.41) is 2.93. The van der Waals surface area contributed by atoms with E-state index in [0.717, 1.165) is 5.56 Å². The van der Waals surface area contributed by atoms with Crippen LogP contribution in [0.1, 0.15) is 32.4 Å². The van der Waals surface area contributed by atoms with E-state index >= 15 is 0 Å². The SMILES string of the molecule is CO[C@H](c1ccccc1)[C@@H](CN(C)C)NC(=O)OC(C)(C)C. The highest BCUT2D eigenvalue weighted by atomic mass is 16.6. The number of methoxy groups -OCH3 is 1. The van der Waals surface area contributed by atoms with Gasteiger partial charge in [-0.15, -0.1) is 0 Å². The Balaban J connectivity index is 2.88. The van der Waals surface area contributed by atoms with Crippen LogP contribution >= 0.6 is 0 Å². The molecule has 0 aliphatic rings. The molecule has 0 aliphatic carbocycles. The molecule has 1 aromatic rings. The van der Waals surface area contributed by atoms with Crippen LogP contribution in [0.2, 0.25) is 0 Å². The zero-order valence-corrected chi connectivity index (χ0v) is 14.4. The maximum absolute atomic E-state index is 12.1. The number of nitrogens with one attached hydrogen (secondary N) is 1. The van der Waals surface area contributed by atoms with E-state index < -0.39 is 11.7 Å². The highest BCUT2D eigenvalue weighted by Crippen LogP contribution is 2.21. The minimum absolute atomic E-state index is 0.211. The molecule has 0 aliphatic heterocycles. The zero-order valence-electron chi connectivity index (χ0n) is 14.4. The van der Waals surface area contributed by atoms with Crippen LogP contribution in [0.5, 0.6) is 0 Å². The van der Waals surface area contributed by atoms with E-state index in [1.807, 2.05) is 70.1 Å². The van der Waals surface area contributed by atoms with Crippen LogP contribution in [-0.2, 0) is 9.47 Å². The van der Waals surface area contributed by atoms with Crippen LogP contribution in [0.15, 0.2) is 30.3 Å². The normalized spacial score (nSPS) is 14.5. The molecule has 124 valence electrons. The number of ether oxygens (including phenoxy) is 2. The maximum Gasteiger partial charge on any atom is 0.408 e. The molecule has 1 N–H and O–H groups in total. The lowest BCUT2D eigenvalue weighted by Gasteiger charge is -2.30. The Kier molecular flexibility index (Phi) is 6.84. The Morgan fingerprint density at radius 2 is 1.82 bits per heavy atom. The quantitative estimate of drug-likeness (QED) is 0.878. The standard InChI is InChI=1S/C17H28N2O3/c1-17(2,3)22-16(20)18-14(12-19(4)5)15(21-6)13-10-8-7-9-11-13/h7-11,14-15H,12H2,1-6H3,(H,18,20)/t14-,15-/m1/s1. The second kappa shape index (κ2) is 8.15. The average molecular weight is 308 g/mol. The lowest BCUT2D eigenvalue weighted by Crippen LogP contribution is -2.47. The van der Waals surface area contributed by atoms with Crippen LogP contribution < -0.4 is 5.32 Å². The van der Waals surface area contributed by atoms with Crippen LogP contribution in [0.25, 0.3) is 0 Å². The molecular weight excluding hydrogens is 280 g/mol. The molecule has 1 rings (SSSR count). The van der Waals surface area contributed by atoms with Gasteiger partial charge in [-0.3, -0.25) is 0 Å². The Hall–Kier alpha value is -1.59. The first-order valence-electron chi connectivity index (χ1n) is 7.45. The fourth-order valence-electron chi connectivity index (χ4n) is 2.24. The average Bonchev–Trinajstić information content (AvgIpc) is 2.37. The monoisotopic (exact) mass is 308 g/mol. The van der Waals surface area contributed by atoms with Crippen molar-refractivity contribution in [3.05, 3.63) is 35.9 Å². The Labute approximate surface area is 133 Å². The van der Waals surface area contributed by atoms with Crippen molar-refractivity contribution in [1.29, 1.82) is 0 Å². The number of rotatable bonds is 6. The molecule has 0 unspecified atom stereocenters. The number of carbonyl (C=O) groups excluding carboxylic acids is 1. The number of carbonyl (C=O) groups is 1. The number of hydrogen-bond acceptors (Lipinski definition) is 4. The molecule has 1 amide bonds. The molecule has 5 heteroatoms. The van der Waals surface area contributed by atoms with Gasteiger partial charge in [-0.05, 0) is 40.4 Å². The number of alkyl carbamates (subject to hydrolysis) is 1. The molecule has 1 aromatic carbocycles. The van der Waals surface area contributed by atoms with E-state index in [1.165, 1.54) is 0 Å². The summed E-state index contributed by atoms with van der Waals surface area (Å²) < 4.78 is 11.0. The summed E-state index contributed by atoms with van der Waals surface area (Å²) in [6, 6.07) is 9.65. The molecule has 0 heterocycles. The molecule has 0 spiro atoms. The fraction of sp³-hybridized carbons (Fsp3) is 0.588. The van der Waals surface area contributed by atoms with Crippen molar-refractivity contribution in [3.63, 3.8) is 0 Å². The van der Waals surface area contributed by atoms with E-state index in [-0.39, 0.29) is 12.1 Å². The van der Waals surface area contributed by atoms with Crippen molar-refractivity contribution in [1.82, 2.24) is 10.2 Å². The molecule has 0 saturated heterocycles. The van der Waals surface area contributed by atoms with Crippen LogP contribution in [-0.4, -0.2) is 50.4 Å². The molecule has 0 bridgehead atoms. The van der Waals surface area contributed by atoms with Gasteiger partial charge in [-0.1, -0.05) is 30.3 Å². The third-order valence-electron chi connectivity index (χ3n) is 3.01. The second-order valence-corrected chi connectivity index (χ2v) is 6.58. The molecule has 0 fully saturated rings. The minimum Gasteiger partial charge on any atom is -0.444 e. The van der Waals surface area contributed by atoms with Gasteiger partial charge in [0.15, 0.2) is 0 Å². The van der Waals surface area contributed by atoms with Crippen LogP contribution in [0, 0.1) is 0 Å². The first-order chi connectivity index (χ1) is 10.2. The van der Waals surface area contributed by atoms with Gasteiger partial charge < -0.3 is 19.7 Å². The molecule has 5 nitrogen and oxygen atoms in total. The number of likely N-dealkylation sites (N-methyl/N-ethyl adjacent to an activating group) is 1. The summed E-state index contributed by atoms with van der Waals surface area (Å²) in [5.41, 5.74) is 0.495. The summed E-state index contributed by atoms with van der Waals surface area (Å²) in [6.07, 6.45) is -0.673. The van der Waals surface area contributed by atoms with Crippen LogP contribution in [0.4, 0.5) is 4.79 Å². The summed E-state index contributed by atoms with van der Waals surface area (Å²) in [6.45, 7) is 6.18. The summed E-state index contributed by atoms with van der Waals surface area (Å²) >= 11 is 0. The maximum atomic E-state index is 12.1. The minimum atomic E-state index is -0.526. The predicted octanol–water partition coefficient (Wildman–Crippen LogP) is 2.83. The predicted molar refractivity (Wildman–Crippen MR) is 87.9 cm³/mol. The molecule has 0 saturated carbocycles. The molecule has 0 radical (unpaired) electrons. The van der Waals surface area contributed by atoms with Crippen molar-refractivity contribution >= 4 is 6.09 Å². The summed E-state index contributed by atoms with van der Waals surface area (Å²) in [4.78, 5) is 14.1. The number of nitrogens with zero attached hydrogens (tertiary/aromatic N) is 1. The topological polar surface area (TPSA) is 50.8 Å². The third-order valence-corrected chi connectivity index (χ3v) is 3.01. The first kappa shape index (κ1) is 18.5. The zero-order chi connectivity index (χ0) is 16.8. The fourth-order valence-corrected chi connectivity index (χ4v) is 2.24. The van der Waals surface area contributed by atoms with E-state index in [9.17, 15) is 4.79 Å². The second-order valence-electron chi connectivity index (χ2n) is 6.58. The van der Waals surface area contributed by atoms with Gasteiger partial charge in [0, 0.05) is 13.7 Å². The first-order valence-corrected chi connectivity index (χ1v) is 7.45. The van der Waals surface area contributed by atoms with E-state index in [1.54, 1.807) is 7.11 Å². The summed E-state index contributed by atoms with van der Waals surface area (Å²) in [5.74, 6) is 0. The number of amides is 1. The molecule has 0 aromatic heterocycles. The Morgan fingerprint density at radius 1 is 1.23 bits per heavy atom. The van der Waals surface area contributed by atoms with E-state index in [2.05, 4.69) is 5.32 Å². The Bertz CT molecular complexity index is 455. The van der Waals surface area contributed by atoms with Gasteiger partial charge in [0.1, 0.15) is 11.7 Å². The number of hydrogen-bond donors (Lipinski definition) is 1. The van der Waals surface area contributed by atoms with Gasteiger partial charge in [0.05, 0.1) is 6.04 Å². The third kappa shape index (κ3) is 6.45. The lowest BCUT2D eigenvalue weighted by molar-refractivity contribution is 0.0288. The Morgan fingerprint density at radius 3 is 2.27 bits per heavy atom. The van der Waals surface area contributed by atoms with Gasteiger partial charge >= 0.3 is 6.09 Å². The van der Waals surface area contributed by atoms with Gasteiger partial charge in [-0.2, -0.15) is 0 Å². The van der Waals surface area contributed by atoms with Crippen molar-refractivity contribution < 1.29 is 14.3 Å². The van der Waals surface area contributed by atoms with E-state index in [4.69, 9.17) is 9.47 Å². The van der Waals surface area contributed by atoms with Crippen molar-refractivity contribution in [2.45, 2.75) is 38.5 Å². The van der Waals surface area contributed by atoms with Gasteiger partial charge in [0.25, 0.3) is 0 Å². The van der Waals surface area contributed by atoms with Crippen molar-refractivity contribution in [2.24, 2.45) is 0 Å². The van der Waals surface area contributed by atoms with Crippen LogP contribution in [0.3, 0.4) is 0 Å². The largest absolute Gasteiger partial charge is 0.444 e. The smallest absolute Gasteiger partial charge is 0.408 e. The highest BCUT2D eigenvalue weighted by Gasteiger charge is 2.27. The molecule has 2 atom stereocenters. The van der Waals surface area contributed by atoms with Gasteiger partial charge in [0.2, 0.25) is 0 Å². The lowest BCUT2D eigenvalue weighted by atomic mass is 10.0. The van der Waals surface area contributed by atoms with Gasteiger partial charge in [-0.25, -0.2) is 4.79 Å². The molecular formula is C17H28N2O3. The van der Waals surface area contributed by atoms with E-state index in [0.29, 0.717) is 6.54 Å². The van der Waals surface area contributed by atoms with Crippen molar-refractivity contribution in [2.75, 3.05) is 27.7 Å². The van der Waals surface area contributed by atoms with Crippen molar-refractivity contribution in [3.8, 4) is 0 Å². The molecule has 22 heavy (non-hydrogen) atoms.